The Morgan fingerprint density at radius 2 is 1.82 bits per heavy atom. The predicted molar refractivity (Wildman–Crippen MR) is 86.4 cm³/mol. The summed E-state index contributed by atoms with van der Waals surface area (Å²) in [7, 11) is 0. The largest absolute Gasteiger partial charge is 0.458 e. The van der Waals surface area contributed by atoms with Crippen molar-refractivity contribution >= 4 is 11.8 Å². The number of hydrogen-bond donors (Lipinski definition) is 0. The third-order valence-corrected chi connectivity index (χ3v) is 4.92. The van der Waals surface area contributed by atoms with E-state index in [1.165, 1.54) is 0 Å². The number of allylic oxidation sites excluding steroid dienone is 2. The fraction of sp³-hybridized carbons (Fsp3) is 0.474. The van der Waals surface area contributed by atoms with Crippen LogP contribution >= 0.6 is 0 Å². The Kier molecular flexibility index (Phi) is 4.84. The van der Waals surface area contributed by atoms with E-state index in [1.807, 2.05) is 57.2 Å². The Bertz CT molecular complexity index is 572. The van der Waals surface area contributed by atoms with Crippen molar-refractivity contribution in [2.24, 2.45) is 10.8 Å². The Hall–Kier alpha value is -1.90. The fourth-order valence-corrected chi connectivity index (χ4v) is 2.78. The first-order chi connectivity index (χ1) is 10.3. The normalized spacial score (nSPS) is 22.5. The van der Waals surface area contributed by atoms with Gasteiger partial charge in [0.2, 0.25) is 0 Å². The van der Waals surface area contributed by atoms with Crippen LogP contribution in [0.25, 0.3) is 0 Å². The molecule has 1 aromatic carbocycles. The van der Waals surface area contributed by atoms with Crippen LogP contribution in [0.4, 0.5) is 0 Å². The highest BCUT2D eigenvalue weighted by Gasteiger charge is 2.47. The van der Waals surface area contributed by atoms with E-state index in [2.05, 4.69) is 6.08 Å². The van der Waals surface area contributed by atoms with Crippen molar-refractivity contribution in [1.82, 2.24) is 0 Å². The summed E-state index contributed by atoms with van der Waals surface area (Å²) >= 11 is 0. The van der Waals surface area contributed by atoms with Gasteiger partial charge in [-0.25, -0.2) is 0 Å². The Morgan fingerprint density at radius 1 is 1.14 bits per heavy atom. The maximum Gasteiger partial charge on any atom is 0.306 e. The van der Waals surface area contributed by atoms with Crippen LogP contribution in [0.15, 0.2) is 42.5 Å². The summed E-state index contributed by atoms with van der Waals surface area (Å²) in [5, 5.41) is 0. The summed E-state index contributed by atoms with van der Waals surface area (Å²) in [4.78, 5) is 24.3. The van der Waals surface area contributed by atoms with Crippen LogP contribution in [-0.2, 0) is 20.7 Å². The van der Waals surface area contributed by atoms with Gasteiger partial charge >= 0.3 is 5.97 Å². The zero-order chi connectivity index (χ0) is 16.2. The summed E-state index contributed by atoms with van der Waals surface area (Å²) in [6.45, 7) is 5.92. The number of ketones is 1. The maximum absolute atomic E-state index is 12.4. The van der Waals surface area contributed by atoms with E-state index in [9.17, 15) is 9.59 Å². The highest BCUT2D eigenvalue weighted by atomic mass is 16.5. The van der Waals surface area contributed by atoms with Crippen molar-refractivity contribution in [3.05, 3.63) is 48.0 Å². The van der Waals surface area contributed by atoms with Gasteiger partial charge in [-0.1, -0.05) is 63.3 Å². The van der Waals surface area contributed by atoms with E-state index in [0.717, 1.165) is 5.56 Å². The van der Waals surface area contributed by atoms with Gasteiger partial charge in [-0.15, -0.1) is 0 Å². The average molecular weight is 300 g/mol. The molecule has 1 atom stereocenters. The van der Waals surface area contributed by atoms with Gasteiger partial charge in [0, 0.05) is 11.8 Å². The number of aryl methyl sites for hydroxylation is 1. The van der Waals surface area contributed by atoms with Gasteiger partial charge in [0.25, 0.3) is 0 Å². The smallest absolute Gasteiger partial charge is 0.306 e. The van der Waals surface area contributed by atoms with Crippen LogP contribution < -0.4 is 0 Å². The van der Waals surface area contributed by atoms with Gasteiger partial charge in [0.05, 0.1) is 0 Å². The molecule has 0 spiro atoms. The first-order valence-corrected chi connectivity index (χ1v) is 7.76. The molecule has 1 aliphatic rings. The van der Waals surface area contributed by atoms with Crippen molar-refractivity contribution in [3.8, 4) is 0 Å². The molecule has 2 rings (SSSR count). The van der Waals surface area contributed by atoms with E-state index < -0.39 is 5.41 Å². The summed E-state index contributed by atoms with van der Waals surface area (Å²) < 4.78 is 5.18. The molecule has 3 nitrogen and oxygen atoms in total. The number of carbonyl (C=O) groups is 2. The average Bonchev–Trinajstić information content (AvgIpc) is 2.78. The fourth-order valence-electron chi connectivity index (χ4n) is 2.78. The lowest BCUT2D eigenvalue weighted by molar-refractivity contribution is -0.152. The minimum Gasteiger partial charge on any atom is -0.458 e. The second kappa shape index (κ2) is 6.47. The SMILES string of the molecule is CC1(C)C=CC[C@@]1(C)C(=O)COC(=O)CCc1ccccc1. The van der Waals surface area contributed by atoms with Gasteiger partial charge in [-0.05, 0) is 23.8 Å². The van der Waals surface area contributed by atoms with Crippen LogP contribution in [0, 0.1) is 10.8 Å². The Labute approximate surface area is 132 Å². The second-order valence-electron chi connectivity index (χ2n) is 6.73. The van der Waals surface area contributed by atoms with Crippen LogP contribution in [0.5, 0.6) is 0 Å². The number of rotatable bonds is 6. The first kappa shape index (κ1) is 16.5. The molecule has 0 saturated heterocycles. The van der Waals surface area contributed by atoms with Crippen LogP contribution in [0.3, 0.4) is 0 Å². The minimum absolute atomic E-state index is 0.00411. The number of Topliss-reactive ketones (excluding diaryl/α,β-unsaturated/α-hetero) is 1. The number of esters is 1. The Balaban J connectivity index is 1.80. The van der Waals surface area contributed by atoms with E-state index >= 15 is 0 Å². The van der Waals surface area contributed by atoms with Crippen molar-refractivity contribution < 1.29 is 14.3 Å². The summed E-state index contributed by atoms with van der Waals surface area (Å²) in [6, 6.07) is 9.79. The predicted octanol–water partition coefficient (Wildman–Crippen LogP) is 3.72. The number of ether oxygens (including phenoxy) is 1. The van der Waals surface area contributed by atoms with Crippen LogP contribution in [-0.4, -0.2) is 18.4 Å². The molecular weight excluding hydrogens is 276 g/mol. The van der Waals surface area contributed by atoms with Crippen molar-refractivity contribution in [2.75, 3.05) is 6.61 Å². The number of benzene rings is 1. The molecule has 118 valence electrons. The van der Waals surface area contributed by atoms with Crippen LogP contribution in [0.2, 0.25) is 0 Å². The summed E-state index contributed by atoms with van der Waals surface area (Å²) in [6.07, 6.45) is 5.76. The number of hydrogen-bond acceptors (Lipinski definition) is 3. The van der Waals surface area contributed by atoms with Gasteiger partial charge < -0.3 is 4.74 Å². The van der Waals surface area contributed by atoms with Crippen molar-refractivity contribution in [1.29, 1.82) is 0 Å². The maximum atomic E-state index is 12.4. The lowest BCUT2D eigenvalue weighted by Gasteiger charge is -2.36. The highest BCUT2D eigenvalue weighted by molar-refractivity contribution is 5.89. The molecule has 0 N–H and O–H groups in total. The summed E-state index contributed by atoms with van der Waals surface area (Å²) in [5.41, 5.74) is 0.423. The standard InChI is InChI=1S/C19H24O3/c1-18(2)12-7-13-19(18,3)16(20)14-22-17(21)11-10-15-8-5-4-6-9-15/h4-9,12H,10-11,13-14H2,1-3H3/t19-/m0/s1. The monoisotopic (exact) mass is 300 g/mol. The highest BCUT2D eigenvalue weighted by Crippen LogP contribution is 2.48. The van der Waals surface area contributed by atoms with E-state index in [4.69, 9.17) is 4.74 Å². The lowest BCUT2D eigenvalue weighted by atomic mass is 9.66. The second-order valence-corrected chi connectivity index (χ2v) is 6.73. The van der Waals surface area contributed by atoms with Crippen LogP contribution in [0.1, 0.15) is 39.2 Å². The van der Waals surface area contributed by atoms with E-state index in [-0.39, 0.29) is 23.8 Å². The molecule has 1 aliphatic carbocycles. The van der Waals surface area contributed by atoms with Gasteiger partial charge in [0.1, 0.15) is 0 Å². The Morgan fingerprint density at radius 3 is 2.41 bits per heavy atom. The van der Waals surface area contributed by atoms with Crippen molar-refractivity contribution in [3.63, 3.8) is 0 Å². The third-order valence-electron chi connectivity index (χ3n) is 4.92. The molecular formula is C19H24O3. The van der Waals surface area contributed by atoms with Gasteiger partial charge in [0.15, 0.2) is 12.4 Å². The lowest BCUT2D eigenvalue weighted by Crippen LogP contribution is -2.40. The molecule has 0 aliphatic heterocycles. The zero-order valence-corrected chi connectivity index (χ0v) is 13.6. The topological polar surface area (TPSA) is 43.4 Å². The minimum atomic E-state index is -0.479. The molecule has 0 saturated carbocycles. The molecule has 22 heavy (non-hydrogen) atoms. The number of carbonyl (C=O) groups excluding carboxylic acids is 2. The van der Waals surface area contributed by atoms with Crippen molar-refractivity contribution in [2.45, 2.75) is 40.0 Å². The van der Waals surface area contributed by atoms with E-state index in [0.29, 0.717) is 19.3 Å². The zero-order valence-electron chi connectivity index (χ0n) is 13.6. The molecule has 0 aromatic heterocycles. The summed E-state index contributed by atoms with van der Waals surface area (Å²) in [5.74, 6) is -0.319. The molecule has 0 heterocycles. The molecule has 0 unspecified atom stereocenters. The van der Waals surface area contributed by atoms with Gasteiger partial charge in [-0.3, -0.25) is 9.59 Å². The molecule has 3 heteroatoms. The third kappa shape index (κ3) is 3.46. The molecule has 0 fully saturated rings. The first-order valence-electron chi connectivity index (χ1n) is 7.76. The van der Waals surface area contributed by atoms with E-state index in [1.54, 1.807) is 0 Å². The molecule has 0 radical (unpaired) electrons. The molecule has 1 aromatic rings. The molecule has 0 amide bonds. The molecule has 0 bridgehead atoms. The quantitative estimate of drug-likeness (QED) is 0.594. The van der Waals surface area contributed by atoms with Gasteiger partial charge in [-0.2, -0.15) is 0 Å².